The van der Waals surface area contributed by atoms with Gasteiger partial charge in [-0.15, -0.1) is 4.98 Å². The number of nitrogens with two attached hydrogens (primary N) is 1. The summed E-state index contributed by atoms with van der Waals surface area (Å²) in [4.78, 5) is 21.8. The van der Waals surface area contributed by atoms with E-state index in [4.69, 9.17) is 23.9 Å². The highest BCUT2D eigenvalue weighted by Crippen LogP contribution is 2.29. The first-order valence-electron chi connectivity index (χ1n) is 8.80. The summed E-state index contributed by atoms with van der Waals surface area (Å²) in [6.45, 7) is 15.5. The van der Waals surface area contributed by atoms with Gasteiger partial charge in [0.05, 0.1) is 36.4 Å². The van der Waals surface area contributed by atoms with E-state index < -0.39 is 12.2 Å². The van der Waals surface area contributed by atoms with E-state index in [1.807, 2.05) is 15.5 Å². The quantitative estimate of drug-likeness (QED) is 0.711. The lowest BCUT2D eigenvalue weighted by atomic mass is 10.1. The lowest BCUT2D eigenvalue weighted by molar-refractivity contribution is 0.243. The summed E-state index contributed by atoms with van der Waals surface area (Å²) in [6, 6.07) is 4.75. The first-order valence-corrected chi connectivity index (χ1v) is 8.80. The molecular weight excluding hydrogens is 359 g/mol. The number of rotatable bonds is 3. The van der Waals surface area contributed by atoms with Gasteiger partial charge in [0.2, 0.25) is 5.95 Å². The molecule has 8 nitrogen and oxygen atoms in total. The summed E-state index contributed by atoms with van der Waals surface area (Å²) in [5, 5.41) is 0. The van der Waals surface area contributed by atoms with Crippen LogP contribution in [0.15, 0.2) is 30.6 Å². The number of anilines is 1. The van der Waals surface area contributed by atoms with Crippen LogP contribution in [0.2, 0.25) is 0 Å². The Morgan fingerprint density at radius 3 is 2.75 bits per heavy atom. The van der Waals surface area contributed by atoms with Crippen LogP contribution in [-0.4, -0.2) is 44.8 Å². The Kier molecular flexibility index (Phi) is 4.60. The molecule has 0 saturated carbocycles. The van der Waals surface area contributed by atoms with E-state index in [1.165, 1.54) is 6.20 Å². The molecule has 1 aliphatic heterocycles. The fourth-order valence-electron chi connectivity index (χ4n) is 3.36. The van der Waals surface area contributed by atoms with E-state index >= 15 is 0 Å². The Balaban J connectivity index is 1.77. The Hall–Kier alpha value is -3.56. The first-order chi connectivity index (χ1) is 13.6. The van der Waals surface area contributed by atoms with Crippen LogP contribution in [0.4, 0.5) is 21.8 Å². The summed E-state index contributed by atoms with van der Waals surface area (Å²) in [6.07, 6.45) is 2.32. The predicted molar refractivity (Wildman–Crippen MR) is 103 cm³/mol. The predicted octanol–water partition coefficient (Wildman–Crippen LogP) is 2.85. The molecule has 4 rings (SSSR count). The molecule has 9 heteroatoms. The van der Waals surface area contributed by atoms with Gasteiger partial charge in [-0.25, -0.2) is 14.2 Å². The number of hydrogen-bond acceptors (Lipinski definition) is 5. The lowest BCUT2D eigenvalue weighted by Gasteiger charge is -2.34. The molecule has 1 saturated heterocycles. The Morgan fingerprint density at radius 1 is 1.21 bits per heavy atom. The molecule has 2 atom stereocenters. The van der Waals surface area contributed by atoms with Crippen LogP contribution in [0.5, 0.6) is 0 Å². The number of aromatic nitrogens is 4. The number of piperidine rings is 1. The van der Waals surface area contributed by atoms with E-state index in [-0.39, 0.29) is 5.82 Å². The molecule has 0 unspecified atom stereocenters. The topological polar surface area (TPSA) is 81.6 Å². The van der Waals surface area contributed by atoms with Gasteiger partial charge in [0.15, 0.2) is 5.69 Å². The van der Waals surface area contributed by atoms with Crippen LogP contribution >= 0.6 is 0 Å². The van der Waals surface area contributed by atoms with Crippen LogP contribution < -0.4 is 10.6 Å². The van der Waals surface area contributed by atoms with Gasteiger partial charge in [0.1, 0.15) is 18.1 Å². The van der Waals surface area contributed by atoms with E-state index in [2.05, 4.69) is 19.7 Å². The minimum atomic E-state index is -1.02. The molecule has 0 radical (unpaired) electrons. The number of nitrogens with zero attached hydrogens (tertiary/aromatic N) is 7. The number of imidazole rings is 1. The van der Waals surface area contributed by atoms with Crippen LogP contribution in [-0.2, 0) is 6.54 Å². The van der Waals surface area contributed by atoms with Crippen LogP contribution in [0, 0.1) is 13.1 Å². The minimum absolute atomic E-state index is 0.233. The van der Waals surface area contributed by atoms with Crippen LogP contribution in [0.25, 0.3) is 20.7 Å². The molecule has 3 heterocycles. The molecule has 0 bridgehead atoms. The Labute approximate surface area is 161 Å². The third-order valence-corrected chi connectivity index (χ3v) is 4.82. The second kappa shape index (κ2) is 7.22. The Morgan fingerprint density at radius 2 is 2.07 bits per heavy atom. The smallest absolute Gasteiger partial charge is 0.287 e. The zero-order valence-electron chi connectivity index (χ0n) is 15.0. The molecule has 1 fully saturated rings. The summed E-state index contributed by atoms with van der Waals surface area (Å²) in [5.41, 5.74) is 8.64. The zero-order chi connectivity index (χ0) is 19.7. The van der Waals surface area contributed by atoms with Gasteiger partial charge in [-0.3, -0.25) is 4.98 Å². The zero-order valence-corrected chi connectivity index (χ0v) is 15.0. The van der Waals surface area contributed by atoms with E-state index in [0.717, 1.165) is 5.52 Å². The van der Waals surface area contributed by atoms with Gasteiger partial charge in [-0.1, -0.05) is 12.6 Å². The van der Waals surface area contributed by atoms with E-state index in [9.17, 15) is 4.39 Å². The third-order valence-electron chi connectivity index (χ3n) is 4.82. The molecule has 0 spiro atoms. The molecule has 0 aliphatic carbocycles. The highest BCUT2D eigenvalue weighted by Gasteiger charge is 2.29. The average molecular weight is 376 g/mol. The highest BCUT2D eigenvalue weighted by atomic mass is 19.1. The third kappa shape index (κ3) is 3.24. The molecule has 28 heavy (non-hydrogen) atoms. The van der Waals surface area contributed by atoms with Crippen molar-refractivity contribution in [2.45, 2.75) is 25.2 Å². The summed E-state index contributed by atoms with van der Waals surface area (Å²) in [5.74, 6) is 0.896. The van der Waals surface area contributed by atoms with Crippen molar-refractivity contribution in [3.05, 3.63) is 59.1 Å². The molecule has 1 aromatic carbocycles. The molecule has 1 aliphatic rings. The summed E-state index contributed by atoms with van der Waals surface area (Å²) in [7, 11) is 0. The minimum Gasteiger partial charge on any atom is -0.359 e. The standard InChI is InChI=1S/C19H17FN8/c1-22-12-3-4-17-16(7-12)26-19(27-6-5-14(20)15(21)11-27)28(17)10-13-8-25-18(23-2)9-24-13/h3-4,7-9,14-15H,5-6,10-11,21H2/t14-,15-/m1/s1. The van der Waals surface area contributed by atoms with Gasteiger partial charge in [-0.2, -0.15) is 0 Å². The number of halogens is 1. The van der Waals surface area contributed by atoms with Crippen molar-refractivity contribution in [2.24, 2.45) is 5.73 Å². The fourth-order valence-corrected chi connectivity index (χ4v) is 3.36. The largest absolute Gasteiger partial charge is 0.359 e. The second-order valence-electron chi connectivity index (χ2n) is 6.68. The van der Waals surface area contributed by atoms with Gasteiger partial charge in [0, 0.05) is 13.1 Å². The fraction of sp³-hybridized carbons (Fsp3) is 0.316. The highest BCUT2D eigenvalue weighted by molar-refractivity contribution is 5.83. The maximum Gasteiger partial charge on any atom is 0.287 e. The van der Waals surface area contributed by atoms with Gasteiger partial charge >= 0.3 is 0 Å². The van der Waals surface area contributed by atoms with Gasteiger partial charge in [0.25, 0.3) is 5.82 Å². The van der Waals surface area contributed by atoms with Crippen LogP contribution in [0.1, 0.15) is 12.1 Å². The number of benzene rings is 1. The van der Waals surface area contributed by atoms with Crippen molar-refractivity contribution in [1.29, 1.82) is 0 Å². The molecular formula is C19H17FN8. The maximum absolute atomic E-state index is 13.8. The summed E-state index contributed by atoms with van der Waals surface area (Å²) < 4.78 is 15.8. The van der Waals surface area contributed by atoms with Gasteiger partial charge in [-0.05, 0) is 18.6 Å². The molecule has 2 N–H and O–H groups in total. The van der Waals surface area contributed by atoms with Crippen molar-refractivity contribution in [3.8, 4) is 0 Å². The number of hydrogen-bond donors (Lipinski definition) is 1. The van der Waals surface area contributed by atoms with Crippen LogP contribution in [0.3, 0.4) is 0 Å². The molecule has 0 amide bonds. The van der Waals surface area contributed by atoms with Crippen molar-refractivity contribution < 1.29 is 4.39 Å². The van der Waals surface area contributed by atoms with Crippen molar-refractivity contribution in [1.82, 2.24) is 19.5 Å². The normalized spacial score (nSPS) is 19.4. The van der Waals surface area contributed by atoms with E-state index in [1.54, 1.807) is 18.3 Å². The maximum atomic E-state index is 13.8. The molecule has 2 aromatic heterocycles. The van der Waals surface area contributed by atoms with Crippen molar-refractivity contribution >= 4 is 28.5 Å². The second-order valence-corrected chi connectivity index (χ2v) is 6.68. The SMILES string of the molecule is [C-]#[N+]c1ccc2c(c1)nc(N1CC[C@@H](F)[C@H](N)C1)n2Cc1cnc([N+]#[C-])cn1. The number of alkyl halides is 1. The van der Waals surface area contributed by atoms with Crippen molar-refractivity contribution in [3.63, 3.8) is 0 Å². The molecule has 140 valence electrons. The molecule has 3 aromatic rings. The first kappa shape index (κ1) is 17.8. The van der Waals surface area contributed by atoms with Gasteiger partial charge < -0.3 is 20.0 Å². The van der Waals surface area contributed by atoms with Crippen molar-refractivity contribution in [2.75, 3.05) is 18.0 Å². The average Bonchev–Trinajstić information content (AvgIpc) is 3.08. The Bertz CT molecular complexity index is 1090. The monoisotopic (exact) mass is 376 g/mol. The van der Waals surface area contributed by atoms with E-state index in [0.29, 0.717) is 48.9 Å². The number of fused-ring (bicyclic) bond motifs is 1. The summed E-state index contributed by atoms with van der Waals surface area (Å²) >= 11 is 0. The lowest BCUT2D eigenvalue weighted by Crippen LogP contribution is -2.50.